The Balaban J connectivity index is 1.89. The number of aromatic nitrogens is 2. The predicted octanol–water partition coefficient (Wildman–Crippen LogP) is 5.99. The number of nitrogens with zero attached hydrogens (tertiary/aromatic N) is 2. The smallest absolute Gasteiger partial charge is 0.253 e. The van der Waals surface area contributed by atoms with E-state index >= 15 is 0 Å². The lowest BCUT2D eigenvalue weighted by Gasteiger charge is -2.23. The summed E-state index contributed by atoms with van der Waals surface area (Å²) in [7, 11) is -4.01. The Morgan fingerprint density at radius 1 is 0.967 bits per heavy atom. The highest BCUT2D eigenvalue weighted by molar-refractivity contribution is 7.93. The summed E-state index contributed by atoms with van der Waals surface area (Å²) in [6.45, 7) is 3.36. The summed E-state index contributed by atoms with van der Waals surface area (Å²) in [5.41, 5.74) is -1.35. The number of benzene rings is 2. The second-order valence-electron chi connectivity index (χ2n) is 6.80. The van der Waals surface area contributed by atoms with Gasteiger partial charge < -0.3 is 0 Å². The summed E-state index contributed by atoms with van der Waals surface area (Å²) >= 11 is 12.6. The third-order valence-corrected chi connectivity index (χ3v) is 7.66. The first-order chi connectivity index (χ1) is 13.8. The topological polar surface area (TPSA) is 72.0 Å². The number of anilines is 1. The Hall–Kier alpha value is -1.88. The Bertz CT molecular complexity index is 1200. The number of hydrogen-bond acceptors (Lipinski definition) is 5. The van der Waals surface area contributed by atoms with Crippen LogP contribution in [0.1, 0.15) is 30.0 Å². The van der Waals surface area contributed by atoms with Crippen molar-refractivity contribution in [1.29, 1.82) is 0 Å². The van der Waals surface area contributed by atoms with E-state index < -0.39 is 27.2 Å². The van der Waals surface area contributed by atoms with Crippen molar-refractivity contribution >= 4 is 49.7 Å². The molecule has 0 aliphatic heterocycles. The summed E-state index contributed by atoms with van der Waals surface area (Å²) in [6, 6.07) is 8.72. The fourth-order valence-electron chi connectivity index (χ4n) is 2.54. The molecule has 0 saturated carbocycles. The van der Waals surface area contributed by atoms with Gasteiger partial charge >= 0.3 is 6.18 Å². The van der Waals surface area contributed by atoms with Crippen molar-refractivity contribution in [3.05, 3.63) is 68.6 Å². The molecule has 0 radical (unpaired) electrons. The lowest BCUT2D eigenvalue weighted by atomic mass is 9.84. The molecule has 0 atom stereocenters. The van der Waals surface area contributed by atoms with Gasteiger partial charge in [-0.1, -0.05) is 52.7 Å². The second kappa shape index (κ2) is 7.99. The Morgan fingerprint density at radius 2 is 1.63 bits per heavy atom. The van der Waals surface area contributed by atoms with Gasteiger partial charge in [0.05, 0.1) is 20.5 Å². The lowest BCUT2D eigenvalue weighted by Crippen LogP contribution is -2.20. The van der Waals surface area contributed by atoms with Crippen LogP contribution in [-0.2, 0) is 21.6 Å². The highest BCUT2D eigenvalue weighted by atomic mass is 35.5. The van der Waals surface area contributed by atoms with E-state index in [9.17, 15) is 21.6 Å². The molecule has 0 spiro atoms. The molecular weight excluding hydrogens is 482 g/mol. The van der Waals surface area contributed by atoms with Gasteiger partial charge in [-0.3, -0.25) is 4.72 Å². The van der Waals surface area contributed by atoms with Crippen molar-refractivity contribution in [1.82, 2.24) is 10.2 Å². The zero-order chi connectivity index (χ0) is 22.3. The molecule has 0 fully saturated rings. The normalized spacial score (nSPS) is 12.8. The first-order valence-electron chi connectivity index (χ1n) is 8.30. The highest BCUT2D eigenvalue weighted by Gasteiger charge is 2.34. The highest BCUT2D eigenvalue weighted by Crippen LogP contribution is 2.38. The average Bonchev–Trinajstić information content (AvgIpc) is 3.12. The Morgan fingerprint density at radius 3 is 2.27 bits per heavy atom. The van der Waals surface area contributed by atoms with Crippen molar-refractivity contribution in [3.8, 4) is 0 Å². The number of rotatable bonds is 5. The van der Waals surface area contributed by atoms with Crippen LogP contribution in [-0.4, -0.2) is 18.6 Å². The summed E-state index contributed by atoms with van der Waals surface area (Å²) in [5, 5.41) is 8.39. The van der Waals surface area contributed by atoms with Gasteiger partial charge in [-0.25, -0.2) is 8.42 Å². The molecule has 3 rings (SSSR count). The molecule has 30 heavy (non-hydrogen) atoms. The third-order valence-electron chi connectivity index (χ3n) is 4.29. The van der Waals surface area contributed by atoms with Crippen LogP contribution in [0.5, 0.6) is 0 Å². The molecule has 5 nitrogen and oxygen atoms in total. The zero-order valence-corrected chi connectivity index (χ0v) is 18.6. The van der Waals surface area contributed by atoms with Crippen molar-refractivity contribution in [2.75, 3.05) is 4.72 Å². The first-order valence-corrected chi connectivity index (χ1v) is 11.4. The fraction of sp³-hybridized carbons (Fsp3) is 0.222. The standard InChI is InChI=1S/C18H14Cl2F3N3O2S2/c1-17(2,10-4-3-5-11(8-10)18(21,22)23)15-24-25-16(29-15)26-30(27,28)12-6-7-13(19)14(20)9-12/h3-9H,1-2H3,(H,25,26). The molecule has 1 heterocycles. The molecule has 1 aromatic heterocycles. The van der Waals surface area contributed by atoms with Gasteiger partial charge in [0.1, 0.15) is 5.01 Å². The number of hydrogen-bond donors (Lipinski definition) is 1. The molecule has 0 saturated heterocycles. The van der Waals surface area contributed by atoms with Gasteiger partial charge in [-0.15, -0.1) is 10.2 Å². The maximum Gasteiger partial charge on any atom is 0.416 e. The van der Waals surface area contributed by atoms with Crippen LogP contribution in [0.15, 0.2) is 47.4 Å². The van der Waals surface area contributed by atoms with Crippen LogP contribution in [0.25, 0.3) is 0 Å². The minimum atomic E-state index is -4.48. The van der Waals surface area contributed by atoms with Gasteiger partial charge in [0.2, 0.25) is 5.13 Å². The van der Waals surface area contributed by atoms with E-state index in [-0.39, 0.29) is 20.1 Å². The fourth-order valence-corrected chi connectivity index (χ4v) is 5.03. The monoisotopic (exact) mass is 495 g/mol. The van der Waals surface area contributed by atoms with Crippen LogP contribution < -0.4 is 4.72 Å². The summed E-state index contributed by atoms with van der Waals surface area (Å²) in [4.78, 5) is -0.120. The molecule has 0 aliphatic rings. The molecule has 1 N–H and O–H groups in total. The molecule has 0 bridgehead atoms. The van der Waals surface area contributed by atoms with E-state index in [1.165, 1.54) is 24.3 Å². The van der Waals surface area contributed by atoms with Crippen LogP contribution >= 0.6 is 34.5 Å². The minimum Gasteiger partial charge on any atom is -0.253 e. The summed E-state index contributed by atoms with van der Waals surface area (Å²) in [5.74, 6) is 0. The first kappa shape index (κ1) is 22.8. The second-order valence-corrected chi connectivity index (χ2v) is 10.3. The van der Waals surface area contributed by atoms with Crippen LogP contribution in [0.4, 0.5) is 18.3 Å². The van der Waals surface area contributed by atoms with Gasteiger partial charge in [0.25, 0.3) is 10.0 Å². The van der Waals surface area contributed by atoms with Crippen LogP contribution in [0, 0.1) is 0 Å². The van der Waals surface area contributed by atoms with Gasteiger partial charge in [-0.05, 0) is 43.7 Å². The molecule has 2 aromatic carbocycles. The van der Waals surface area contributed by atoms with Gasteiger partial charge in [0, 0.05) is 5.41 Å². The molecular formula is C18H14Cl2F3N3O2S2. The van der Waals surface area contributed by atoms with Crippen LogP contribution in [0.2, 0.25) is 10.0 Å². The summed E-state index contributed by atoms with van der Waals surface area (Å²) in [6.07, 6.45) is -4.48. The average molecular weight is 496 g/mol. The number of alkyl halides is 3. The molecule has 12 heteroatoms. The Kier molecular flexibility index (Phi) is 6.07. The van der Waals surface area contributed by atoms with E-state index in [1.807, 2.05) is 0 Å². The molecule has 0 aliphatic carbocycles. The van der Waals surface area contributed by atoms with Crippen molar-refractivity contribution in [2.24, 2.45) is 0 Å². The van der Waals surface area contributed by atoms with Gasteiger partial charge in [-0.2, -0.15) is 13.2 Å². The van der Waals surface area contributed by atoms with E-state index in [0.29, 0.717) is 10.6 Å². The molecule has 160 valence electrons. The largest absolute Gasteiger partial charge is 0.416 e. The zero-order valence-electron chi connectivity index (χ0n) is 15.5. The predicted molar refractivity (Wildman–Crippen MR) is 111 cm³/mol. The van der Waals surface area contributed by atoms with Crippen molar-refractivity contribution < 1.29 is 21.6 Å². The van der Waals surface area contributed by atoms with Crippen molar-refractivity contribution in [2.45, 2.75) is 30.3 Å². The summed E-state index contributed by atoms with van der Waals surface area (Å²) < 4.78 is 66.5. The SMILES string of the molecule is CC(C)(c1cccc(C(F)(F)F)c1)c1nnc(NS(=O)(=O)c2ccc(Cl)c(Cl)c2)s1. The number of nitrogens with one attached hydrogen (secondary N) is 1. The molecule has 0 amide bonds. The Labute approximate surface area is 184 Å². The van der Waals surface area contributed by atoms with E-state index in [0.717, 1.165) is 23.5 Å². The number of halogens is 5. The third kappa shape index (κ3) is 4.72. The molecule has 0 unspecified atom stereocenters. The quantitative estimate of drug-likeness (QED) is 0.471. The molecule has 3 aromatic rings. The number of sulfonamides is 1. The van der Waals surface area contributed by atoms with E-state index in [1.54, 1.807) is 19.9 Å². The van der Waals surface area contributed by atoms with E-state index in [2.05, 4.69) is 14.9 Å². The maximum atomic E-state index is 13.0. The maximum absolute atomic E-state index is 13.0. The van der Waals surface area contributed by atoms with Crippen LogP contribution in [0.3, 0.4) is 0 Å². The van der Waals surface area contributed by atoms with E-state index in [4.69, 9.17) is 23.2 Å². The minimum absolute atomic E-state index is 0.0314. The van der Waals surface area contributed by atoms with Crippen molar-refractivity contribution in [3.63, 3.8) is 0 Å². The lowest BCUT2D eigenvalue weighted by molar-refractivity contribution is -0.137. The van der Waals surface area contributed by atoms with Gasteiger partial charge in [0.15, 0.2) is 0 Å².